The van der Waals surface area contributed by atoms with E-state index in [1.54, 1.807) is 18.2 Å². The highest BCUT2D eigenvalue weighted by atomic mass is 32.2. The number of thioether (sulfide) groups is 1. The quantitative estimate of drug-likeness (QED) is 0.571. The molecule has 9 heteroatoms. The Hall–Kier alpha value is -2.26. The van der Waals surface area contributed by atoms with Gasteiger partial charge in [0, 0.05) is 12.1 Å². The zero-order valence-electron chi connectivity index (χ0n) is 16.0. The molecule has 1 amide bonds. The summed E-state index contributed by atoms with van der Waals surface area (Å²) in [5.41, 5.74) is 1.28. The van der Waals surface area contributed by atoms with E-state index in [9.17, 15) is 9.18 Å². The van der Waals surface area contributed by atoms with Crippen molar-refractivity contribution in [1.29, 1.82) is 0 Å². The number of rotatable bonds is 7. The van der Waals surface area contributed by atoms with E-state index < -0.39 is 5.25 Å². The summed E-state index contributed by atoms with van der Waals surface area (Å²) in [6, 6.07) is 6.38. The van der Waals surface area contributed by atoms with Crippen LogP contribution in [0.2, 0.25) is 0 Å². The maximum absolute atomic E-state index is 13.8. The molecule has 1 aromatic carbocycles. The van der Waals surface area contributed by atoms with Gasteiger partial charge in [-0.3, -0.25) is 4.79 Å². The lowest BCUT2D eigenvalue weighted by molar-refractivity contribution is -0.121. The van der Waals surface area contributed by atoms with Gasteiger partial charge in [-0.15, -0.1) is 21.5 Å². The minimum absolute atomic E-state index is 0.0216. The van der Waals surface area contributed by atoms with E-state index in [4.69, 9.17) is 4.42 Å². The van der Waals surface area contributed by atoms with Gasteiger partial charge in [0.2, 0.25) is 5.91 Å². The molecule has 0 saturated carbocycles. The van der Waals surface area contributed by atoms with Crippen LogP contribution < -0.4 is 5.32 Å². The van der Waals surface area contributed by atoms with E-state index in [2.05, 4.69) is 20.5 Å². The molecule has 0 bridgehead atoms. The summed E-state index contributed by atoms with van der Waals surface area (Å²) in [5.74, 6) is -0.116. The molecule has 6 nitrogen and oxygen atoms in total. The number of carbonyl (C=O) groups excluding carboxylic acids is 1. The second kappa shape index (κ2) is 8.83. The third-order valence-corrected chi connectivity index (χ3v) is 6.45. The highest BCUT2D eigenvalue weighted by Gasteiger charge is 2.27. The molecule has 2 aromatic heterocycles. The summed E-state index contributed by atoms with van der Waals surface area (Å²) >= 11 is 2.70. The fourth-order valence-electron chi connectivity index (χ4n) is 2.60. The smallest absolute Gasteiger partial charge is 0.277 e. The third kappa shape index (κ3) is 4.77. The summed E-state index contributed by atoms with van der Waals surface area (Å²) in [6.07, 6.45) is 0. The zero-order chi connectivity index (χ0) is 20.3. The number of carbonyl (C=O) groups is 1. The average Bonchev–Trinajstić information content (AvgIpc) is 3.24. The summed E-state index contributed by atoms with van der Waals surface area (Å²) in [4.78, 5) is 17.9. The van der Waals surface area contributed by atoms with Crippen LogP contribution in [0, 0.1) is 25.6 Å². The molecule has 0 fully saturated rings. The number of aryl methyl sites for hydroxylation is 2. The Morgan fingerprint density at radius 3 is 2.68 bits per heavy atom. The first-order valence-corrected chi connectivity index (χ1v) is 10.5. The van der Waals surface area contributed by atoms with Gasteiger partial charge in [-0.1, -0.05) is 43.8 Å². The van der Waals surface area contributed by atoms with Crippen LogP contribution in [0.25, 0.3) is 10.8 Å². The maximum Gasteiger partial charge on any atom is 0.277 e. The van der Waals surface area contributed by atoms with Gasteiger partial charge in [0.25, 0.3) is 11.1 Å². The average molecular weight is 421 g/mol. The molecule has 1 unspecified atom stereocenters. The fourth-order valence-corrected chi connectivity index (χ4v) is 4.34. The normalized spacial score (nSPS) is 12.4. The number of halogens is 1. The van der Waals surface area contributed by atoms with Crippen LogP contribution in [-0.2, 0) is 11.3 Å². The molecule has 2 heterocycles. The van der Waals surface area contributed by atoms with Crippen LogP contribution >= 0.6 is 23.1 Å². The first kappa shape index (κ1) is 20.5. The standard InChI is InChI=1S/C19H21FN4O2S2/c1-10(2)15(17(25)21-9-13-7-5-6-8-14(13)20)28-19-24-23-18(26-19)16-11(3)22-12(4)27-16/h5-8,10,15H,9H2,1-4H3,(H,21,25). The minimum Gasteiger partial charge on any atom is -0.410 e. The van der Waals surface area contributed by atoms with Crippen LogP contribution in [0.1, 0.15) is 30.1 Å². The van der Waals surface area contributed by atoms with Gasteiger partial charge >= 0.3 is 0 Å². The van der Waals surface area contributed by atoms with Crippen molar-refractivity contribution in [3.05, 3.63) is 46.3 Å². The van der Waals surface area contributed by atoms with Gasteiger partial charge < -0.3 is 9.73 Å². The first-order valence-electron chi connectivity index (χ1n) is 8.81. The van der Waals surface area contributed by atoms with Crippen LogP contribution in [0.15, 0.2) is 33.9 Å². The number of nitrogens with zero attached hydrogens (tertiary/aromatic N) is 3. The molecule has 28 heavy (non-hydrogen) atoms. The molecule has 0 aliphatic carbocycles. The second-order valence-electron chi connectivity index (χ2n) is 6.61. The Bertz CT molecular complexity index is 971. The molecule has 0 aliphatic rings. The van der Waals surface area contributed by atoms with Crippen LogP contribution in [-0.4, -0.2) is 26.3 Å². The van der Waals surface area contributed by atoms with E-state index in [0.717, 1.165) is 15.6 Å². The van der Waals surface area contributed by atoms with Gasteiger partial charge in [-0.05, 0) is 25.8 Å². The molecular formula is C19H21FN4O2S2. The summed E-state index contributed by atoms with van der Waals surface area (Å²) in [5, 5.41) is 11.8. The number of amides is 1. The van der Waals surface area contributed by atoms with Crippen molar-refractivity contribution in [1.82, 2.24) is 20.5 Å². The van der Waals surface area contributed by atoms with Gasteiger partial charge in [0.1, 0.15) is 10.7 Å². The molecule has 1 N–H and O–H groups in total. The van der Waals surface area contributed by atoms with Crippen molar-refractivity contribution in [3.63, 3.8) is 0 Å². The molecule has 3 aromatic rings. The lowest BCUT2D eigenvalue weighted by Gasteiger charge is -2.18. The van der Waals surface area contributed by atoms with E-state index in [1.807, 2.05) is 27.7 Å². The van der Waals surface area contributed by atoms with Gasteiger partial charge in [-0.2, -0.15) is 0 Å². The fraction of sp³-hybridized carbons (Fsp3) is 0.368. The SMILES string of the molecule is Cc1nc(C)c(-c2nnc(SC(C(=O)NCc3ccccc3F)C(C)C)o2)s1. The Kier molecular flexibility index (Phi) is 6.46. The molecule has 1 atom stereocenters. The topological polar surface area (TPSA) is 80.9 Å². The number of aromatic nitrogens is 3. The zero-order valence-corrected chi connectivity index (χ0v) is 17.7. The lowest BCUT2D eigenvalue weighted by atomic mass is 10.1. The van der Waals surface area contributed by atoms with Crippen molar-refractivity contribution in [2.45, 2.75) is 44.7 Å². The highest BCUT2D eigenvalue weighted by Crippen LogP contribution is 2.33. The Morgan fingerprint density at radius 1 is 1.29 bits per heavy atom. The van der Waals surface area contributed by atoms with Crippen molar-refractivity contribution < 1.29 is 13.6 Å². The monoisotopic (exact) mass is 420 g/mol. The summed E-state index contributed by atoms with van der Waals surface area (Å²) in [7, 11) is 0. The number of benzene rings is 1. The highest BCUT2D eigenvalue weighted by molar-refractivity contribution is 8.00. The van der Waals surface area contributed by atoms with Gasteiger partial charge in [0.05, 0.1) is 16.0 Å². The van der Waals surface area contributed by atoms with Gasteiger partial charge in [-0.25, -0.2) is 9.37 Å². The molecular weight excluding hydrogens is 399 g/mol. The molecule has 0 radical (unpaired) electrons. The molecule has 3 rings (SSSR count). The molecule has 0 spiro atoms. The van der Waals surface area contributed by atoms with E-state index in [1.165, 1.54) is 29.2 Å². The van der Waals surface area contributed by atoms with Crippen molar-refractivity contribution in [2.75, 3.05) is 0 Å². The number of thiazole rings is 1. The maximum atomic E-state index is 13.8. The van der Waals surface area contributed by atoms with Crippen LogP contribution in [0.5, 0.6) is 0 Å². The largest absolute Gasteiger partial charge is 0.410 e. The third-order valence-electron chi connectivity index (χ3n) is 4.01. The first-order chi connectivity index (χ1) is 13.3. The van der Waals surface area contributed by atoms with Gasteiger partial charge in [0.15, 0.2) is 0 Å². The number of hydrogen-bond donors (Lipinski definition) is 1. The number of nitrogens with one attached hydrogen (secondary N) is 1. The Labute approximate surface area is 171 Å². The minimum atomic E-state index is -0.440. The Balaban J connectivity index is 1.68. The van der Waals surface area contributed by atoms with Crippen molar-refractivity contribution in [3.8, 4) is 10.8 Å². The lowest BCUT2D eigenvalue weighted by Crippen LogP contribution is -2.35. The van der Waals surface area contributed by atoms with E-state index >= 15 is 0 Å². The van der Waals surface area contributed by atoms with E-state index in [0.29, 0.717) is 16.7 Å². The van der Waals surface area contributed by atoms with Crippen molar-refractivity contribution in [2.24, 2.45) is 5.92 Å². The predicted molar refractivity (Wildman–Crippen MR) is 108 cm³/mol. The Morgan fingerprint density at radius 2 is 2.04 bits per heavy atom. The molecule has 0 aliphatic heterocycles. The number of hydrogen-bond acceptors (Lipinski definition) is 7. The van der Waals surface area contributed by atoms with Crippen LogP contribution in [0.3, 0.4) is 0 Å². The van der Waals surface area contributed by atoms with Crippen LogP contribution in [0.4, 0.5) is 4.39 Å². The van der Waals surface area contributed by atoms with Crippen molar-refractivity contribution >= 4 is 29.0 Å². The molecule has 148 valence electrons. The molecule has 0 saturated heterocycles. The predicted octanol–water partition coefficient (Wildman–Crippen LogP) is 4.38. The summed E-state index contributed by atoms with van der Waals surface area (Å²) < 4.78 is 19.5. The second-order valence-corrected chi connectivity index (χ2v) is 8.91. The van der Waals surface area contributed by atoms with E-state index in [-0.39, 0.29) is 24.2 Å². The summed E-state index contributed by atoms with van der Waals surface area (Å²) in [6.45, 7) is 7.82.